The molecule has 116 valence electrons. The van der Waals surface area contributed by atoms with Crippen LogP contribution in [0.1, 0.15) is 32.1 Å². The third kappa shape index (κ3) is 3.82. The van der Waals surface area contributed by atoms with Crippen LogP contribution in [0.5, 0.6) is 0 Å². The van der Waals surface area contributed by atoms with E-state index in [0.29, 0.717) is 0 Å². The van der Waals surface area contributed by atoms with Gasteiger partial charge in [-0.1, -0.05) is 24.6 Å². The second-order valence-corrected chi connectivity index (χ2v) is 10.2. The van der Waals surface area contributed by atoms with Crippen molar-refractivity contribution in [1.29, 1.82) is 0 Å². The van der Waals surface area contributed by atoms with Crippen molar-refractivity contribution >= 4 is 21.6 Å². The second-order valence-electron chi connectivity index (χ2n) is 6.38. The third-order valence-electron chi connectivity index (χ3n) is 4.57. The summed E-state index contributed by atoms with van der Waals surface area (Å²) < 4.78 is 23.9. The van der Waals surface area contributed by atoms with Crippen molar-refractivity contribution in [2.75, 3.05) is 12.8 Å². The Morgan fingerprint density at radius 3 is 2.57 bits per heavy atom. The Balaban J connectivity index is 1.57. The summed E-state index contributed by atoms with van der Waals surface area (Å²) in [5.74, 6) is 0. The molecule has 2 saturated carbocycles. The zero-order valence-electron chi connectivity index (χ0n) is 12.4. The third-order valence-corrected chi connectivity index (χ3v) is 7.73. The van der Waals surface area contributed by atoms with Gasteiger partial charge in [-0.05, 0) is 37.8 Å². The maximum absolute atomic E-state index is 11.8. The van der Waals surface area contributed by atoms with Crippen molar-refractivity contribution in [3.63, 3.8) is 0 Å². The SMILES string of the molecule is CS(=O)(=O)[C@@H]1CCC[C@H]1NCC1(Sc2ccccc2)CC1. The van der Waals surface area contributed by atoms with Crippen molar-refractivity contribution in [3.05, 3.63) is 30.3 Å². The molecule has 0 aliphatic heterocycles. The summed E-state index contributed by atoms with van der Waals surface area (Å²) in [7, 11) is -2.93. The van der Waals surface area contributed by atoms with E-state index in [1.54, 1.807) is 0 Å². The van der Waals surface area contributed by atoms with Crippen LogP contribution in [0.3, 0.4) is 0 Å². The number of benzene rings is 1. The van der Waals surface area contributed by atoms with E-state index in [9.17, 15) is 8.42 Å². The molecule has 0 spiro atoms. The van der Waals surface area contributed by atoms with E-state index >= 15 is 0 Å². The lowest BCUT2D eigenvalue weighted by molar-refractivity contribution is 0.503. The second kappa shape index (κ2) is 5.94. The van der Waals surface area contributed by atoms with Crippen LogP contribution < -0.4 is 5.32 Å². The number of hydrogen-bond acceptors (Lipinski definition) is 4. The molecule has 1 aromatic rings. The highest BCUT2D eigenvalue weighted by atomic mass is 32.2. The molecule has 2 aliphatic carbocycles. The van der Waals surface area contributed by atoms with Gasteiger partial charge in [-0.3, -0.25) is 0 Å². The zero-order valence-corrected chi connectivity index (χ0v) is 14.1. The Bertz CT molecular complexity index is 582. The molecule has 21 heavy (non-hydrogen) atoms. The molecule has 0 heterocycles. The molecule has 0 aromatic heterocycles. The van der Waals surface area contributed by atoms with E-state index in [1.807, 2.05) is 17.8 Å². The zero-order chi connectivity index (χ0) is 14.9. The van der Waals surface area contributed by atoms with Crippen molar-refractivity contribution < 1.29 is 8.42 Å². The Morgan fingerprint density at radius 1 is 1.24 bits per heavy atom. The molecule has 0 unspecified atom stereocenters. The molecule has 0 bridgehead atoms. The average Bonchev–Trinajstić information content (AvgIpc) is 3.02. The van der Waals surface area contributed by atoms with Crippen LogP contribution in [0.2, 0.25) is 0 Å². The van der Waals surface area contributed by atoms with Crippen LogP contribution in [-0.2, 0) is 9.84 Å². The molecule has 5 heteroatoms. The molecule has 0 radical (unpaired) electrons. The Hall–Kier alpha value is -0.520. The smallest absolute Gasteiger partial charge is 0.151 e. The molecule has 2 aliphatic rings. The van der Waals surface area contributed by atoms with Crippen LogP contribution in [0.4, 0.5) is 0 Å². The summed E-state index contributed by atoms with van der Waals surface area (Å²) in [6.45, 7) is 0.920. The van der Waals surface area contributed by atoms with Crippen LogP contribution in [0, 0.1) is 0 Å². The largest absolute Gasteiger partial charge is 0.311 e. The fourth-order valence-electron chi connectivity index (χ4n) is 3.18. The molecule has 0 saturated heterocycles. The van der Waals surface area contributed by atoms with Gasteiger partial charge in [0.15, 0.2) is 9.84 Å². The standard InChI is InChI=1S/C16H23NO2S2/c1-21(18,19)15-9-5-8-14(15)17-12-16(10-11-16)20-13-6-3-2-4-7-13/h2-4,6-7,14-15,17H,5,8-12H2,1H3/t14-,15-/m1/s1. The van der Waals surface area contributed by atoms with E-state index in [4.69, 9.17) is 0 Å². The van der Waals surface area contributed by atoms with Crippen molar-refractivity contribution in [1.82, 2.24) is 5.32 Å². The van der Waals surface area contributed by atoms with Gasteiger partial charge in [0.25, 0.3) is 0 Å². The van der Waals surface area contributed by atoms with Crippen molar-refractivity contribution in [2.24, 2.45) is 0 Å². The predicted molar refractivity (Wildman–Crippen MR) is 88.5 cm³/mol. The first kappa shape index (κ1) is 15.4. The summed E-state index contributed by atoms with van der Waals surface area (Å²) >= 11 is 1.94. The number of sulfone groups is 1. The number of rotatable bonds is 6. The van der Waals surface area contributed by atoms with Crippen molar-refractivity contribution in [3.8, 4) is 0 Å². The van der Waals surface area contributed by atoms with Gasteiger partial charge < -0.3 is 5.32 Å². The first-order valence-corrected chi connectivity index (χ1v) is 10.4. The van der Waals surface area contributed by atoms with E-state index in [0.717, 1.165) is 25.8 Å². The lowest BCUT2D eigenvalue weighted by atomic mass is 10.2. The van der Waals surface area contributed by atoms with Gasteiger partial charge in [-0.15, -0.1) is 11.8 Å². The molecule has 2 atom stereocenters. The molecular weight excluding hydrogens is 302 g/mol. The fraction of sp³-hybridized carbons (Fsp3) is 0.625. The van der Waals surface area contributed by atoms with Gasteiger partial charge in [0.05, 0.1) is 5.25 Å². The summed E-state index contributed by atoms with van der Waals surface area (Å²) in [5, 5.41) is 3.38. The normalized spacial score (nSPS) is 27.7. The minimum atomic E-state index is -2.93. The van der Waals surface area contributed by atoms with Crippen molar-refractivity contribution in [2.45, 2.75) is 53.0 Å². The predicted octanol–water partition coefficient (Wildman–Crippen LogP) is 2.87. The molecule has 2 fully saturated rings. The molecule has 1 aromatic carbocycles. The van der Waals surface area contributed by atoms with Crippen LogP contribution >= 0.6 is 11.8 Å². The van der Waals surface area contributed by atoms with Gasteiger partial charge in [0.1, 0.15) is 0 Å². The summed E-state index contributed by atoms with van der Waals surface area (Å²) in [4.78, 5) is 1.31. The lowest BCUT2D eigenvalue weighted by Gasteiger charge is -2.23. The van der Waals surface area contributed by atoms with Gasteiger partial charge in [-0.2, -0.15) is 0 Å². The quantitative estimate of drug-likeness (QED) is 0.873. The first-order valence-electron chi connectivity index (χ1n) is 7.65. The molecular formula is C16H23NO2S2. The number of nitrogens with one attached hydrogen (secondary N) is 1. The average molecular weight is 325 g/mol. The molecule has 3 rings (SSSR count). The van der Waals surface area contributed by atoms with Gasteiger partial charge in [0.2, 0.25) is 0 Å². The molecule has 1 N–H and O–H groups in total. The topological polar surface area (TPSA) is 46.2 Å². The van der Waals surface area contributed by atoms with Crippen LogP contribution in [0.25, 0.3) is 0 Å². The van der Waals surface area contributed by atoms with E-state index in [1.165, 1.54) is 24.0 Å². The van der Waals surface area contributed by atoms with Crippen LogP contribution in [-0.4, -0.2) is 37.3 Å². The number of hydrogen-bond donors (Lipinski definition) is 1. The highest BCUT2D eigenvalue weighted by Crippen LogP contribution is 2.51. The highest BCUT2D eigenvalue weighted by Gasteiger charge is 2.45. The Labute approximate surface area is 131 Å². The monoisotopic (exact) mass is 325 g/mol. The first-order chi connectivity index (χ1) is 9.99. The maximum atomic E-state index is 11.8. The van der Waals surface area contributed by atoms with Crippen LogP contribution in [0.15, 0.2) is 35.2 Å². The maximum Gasteiger partial charge on any atom is 0.151 e. The van der Waals surface area contributed by atoms with E-state index < -0.39 is 9.84 Å². The minimum absolute atomic E-state index is 0.147. The van der Waals surface area contributed by atoms with Gasteiger partial charge in [-0.25, -0.2) is 8.42 Å². The summed E-state index contributed by atoms with van der Waals surface area (Å²) in [6, 6.07) is 10.6. The fourth-order valence-corrected chi connectivity index (χ4v) is 5.86. The molecule has 0 amide bonds. The lowest BCUT2D eigenvalue weighted by Crippen LogP contribution is -2.43. The number of thioether (sulfide) groups is 1. The van der Waals surface area contributed by atoms with Gasteiger partial charge in [0, 0.05) is 28.5 Å². The Morgan fingerprint density at radius 2 is 1.95 bits per heavy atom. The van der Waals surface area contributed by atoms with E-state index in [-0.39, 0.29) is 16.0 Å². The molecule has 3 nitrogen and oxygen atoms in total. The van der Waals surface area contributed by atoms with E-state index in [2.05, 4.69) is 29.6 Å². The summed E-state index contributed by atoms with van der Waals surface area (Å²) in [5.41, 5.74) is 0. The summed E-state index contributed by atoms with van der Waals surface area (Å²) in [6.07, 6.45) is 6.64. The van der Waals surface area contributed by atoms with Gasteiger partial charge >= 0.3 is 0 Å². The minimum Gasteiger partial charge on any atom is -0.311 e. The Kier molecular flexibility index (Phi) is 4.35. The highest BCUT2D eigenvalue weighted by molar-refractivity contribution is 8.01.